The van der Waals surface area contributed by atoms with Crippen molar-refractivity contribution in [3.05, 3.63) is 58.5 Å². The minimum Gasteiger partial charge on any atom is -0.493 e. The first-order valence-corrected chi connectivity index (χ1v) is 12.2. The van der Waals surface area contributed by atoms with E-state index < -0.39 is 0 Å². The van der Waals surface area contributed by atoms with Gasteiger partial charge in [-0.2, -0.15) is 0 Å². The molecule has 164 valence electrons. The number of benzene rings is 2. The van der Waals surface area contributed by atoms with Gasteiger partial charge in [0, 0.05) is 12.0 Å². The summed E-state index contributed by atoms with van der Waals surface area (Å²) in [7, 11) is 0. The lowest BCUT2D eigenvalue weighted by Gasteiger charge is -2.13. The van der Waals surface area contributed by atoms with Gasteiger partial charge in [-0.3, -0.25) is 0 Å². The molecule has 31 heavy (non-hydrogen) atoms. The molecule has 0 saturated carbocycles. The smallest absolute Gasteiger partial charge is 0.224 e. The van der Waals surface area contributed by atoms with Crippen LogP contribution in [0.1, 0.15) is 49.8 Å². The van der Waals surface area contributed by atoms with Gasteiger partial charge in [0.2, 0.25) is 5.88 Å². The summed E-state index contributed by atoms with van der Waals surface area (Å²) < 4.78 is 17.6. The third kappa shape index (κ3) is 5.59. The van der Waals surface area contributed by atoms with Crippen molar-refractivity contribution >= 4 is 11.3 Å². The van der Waals surface area contributed by atoms with Crippen molar-refractivity contribution in [3.8, 4) is 28.0 Å². The van der Waals surface area contributed by atoms with E-state index in [9.17, 15) is 0 Å². The number of aryl methyl sites for hydroxylation is 3. The summed E-state index contributed by atoms with van der Waals surface area (Å²) in [5, 5.41) is 2.94. The van der Waals surface area contributed by atoms with Crippen LogP contribution < -0.4 is 14.2 Å². The maximum absolute atomic E-state index is 6.11. The second kappa shape index (κ2) is 10.7. The van der Waals surface area contributed by atoms with Gasteiger partial charge in [0.1, 0.15) is 16.5 Å². The van der Waals surface area contributed by atoms with Gasteiger partial charge in [0.05, 0.1) is 25.2 Å². The number of fused-ring (bicyclic) bond motifs is 1. The lowest BCUT2D eigenvalue weighted by molar-refractivity contribution is 0.246. The molecule has 0 spiro atoms. The largest absolute Gasteiger partial charge is 0.493 e. The Labute approximate surface area is 189 Å². The second-order valence-corrected chi connectivity index (χ2v) is 8.69. The summed E-state index contributed by atoms with van der Waals surface area (Å²) >= 11 is 1.61. The number of rotatable bonds is 11. The fraction of sp³-hybridized carbons (Fsp3) is 0.423. The number of hydrogen-bond acceptors (Lipinski definition) is 5. The Hall–Kier alpha value is -2.53. The maximum atomic E-state index is 6.11. The molecule has 1 aromatic heterocycles. The third-order valence-electron chi connectivity index (χ3n) is 5.49. The average molecular weight is 438 g/mol. The van der Waals surface area contributed by atoms with Gasteiger partial charge in [-0.25, -0.2) is 4.98 Å². The van der Waals surface area contributed by atoms with Gasteiger partial charge >= 0.3 is 0 Å². The molecule has 2 aromatic carbocycles. The standard InChI is InChI=1S/C26H31NO3S/c1-3-7-21-16-22(26-27-25(18-31-26)28-4-2)11-13-24(21)30-15-6-14-29-23-12-10-19-8-5-9-20(19)17-23/h10-13,16-18H,3-9,14-15H2,1-2H3. The minimum atomic E-state index is 0.632. The van der Waals surface area contributed by atoms with Crippen molar-refractivity contribution in [1.29, 1.82) is 0 Å². The first kappa shape index (κ1) is 21.7. The van der Waals surface area contributed by atoms with Gasteiger partial charge in [-0.05, 0) is 79.6 Å². The molecule has 1 aliphatic rings. The molecule has 0 bridgehead atoms. The van der Waals surface area contributed by atoms with Crippen molar-refractivity contribution in [2.24, 2.45) is 0 Å². The predicted octanol–water partition coefficient (Wildman–Crippen LogP) is 6.50. The van der Waals surface area contributed by atoms with Crippen LogP contribution in [0.4, 0.5) is 0 Å². The summed E-state index contributed by atoms with van der Waals surface area (Å²) in [6.45, 7) is 6.11. The molecule has 0 radical (unpaired) electrons. The highest BCUT2D eigenvalue weighted by Gasteiger charge is 2.12. The molecule has 0 atom stereocenters. The van der Waals surface area contributed by atoms with Crippen molar-refractivity contribution in [2.75, 3.05) is 19.8 Å². The summed E-state index contributed by atoms with van der Waals surface area (Å²) in [5.74, 6) is 2.64. The van der Waals surface area contributed by atoms with Gasteiger partial charge in [0.15, 0.2) is 0 Å². The Morgan fingerprint density at radius 3 is 2.68 bits per heavy atom. The first-order chi connectivity index (χ1) is 15.3. The fourth-order valence-electron chi connectivity index (χ4n) is 3.99. The molecule has 4 rings (SSSR count). The van der Waals surface area contributed by atoms with Crippen LogP contribution in [0.15, 0.2) is 41.8 Å². The number of ether oxygens (including phenoxy) is 3. The normalized spacial score (nSPS) is 12.6. The average Bonchev–Trinajstić information content (AvgIpc) is 3.44. The molecule has 4 nitrogen and oxygen atoms in total. The molecular formula is C26H31NO3S. The van der Waals surface area contributed by atoms with Crippen LogP contribution >= 0.6 is 11.3 Å². The second-order valence-electron chi connectivity index (χ2n) is 7.83. The van der Waals surface area contributed by atoms with E-state index in [0.29, 0.717) is 25.7 Å². The zero-order valence-electron chi connectivity index (χ0n) is 18.5. The van der Waals surface area contributed by atoms with Gasteiger partial charge in [-0.15, -0.1) is 11.3 Å². The highest BCUT2D eigenvalue weighted by atomic mass is 32.1. The Morgan fingerprint density at radius 1 is 0.935 bits per heavy atom. The number of hydrogen-bond donors (Lipinski definition) is 0. The summed E-state index contributed by atoms with van der Waals surface area (Å²) in [6.07, 6.45) is 6.57. The van der Waals surface area contributed by atoms with Crippen molar-refractivity contribution in [3.63, 3.8) is 0 Å². The predicted molar refractivity (Wildman–Crippen MR) is 127 cm³/mol. The fourth-order valence-corrected chi connectivity index (χ4v) is 4.73. The van der Waals surface area contributed by atoms with Crippen LogP contribution in [0.25, 0.3) is 10.6 Å². The van der Waals surface area contributed by atoms with Crippen molar-refractivity contribution < 1.29 is 14.2 Å². The van der Waals surface area contributed by atoms with Gasteiger partial charge in [0.25, 0.3) is 0 Å². The van der Waals surface area contributed by atoms with Crippen molar-refractivity contribution in [2.45, 2.75) is 52.4 Å². The van der Waals surface area contributed by atoms with E-state index in [0.717, 1.165) is 41.3 Å². The van der Waals surface area contributed by atoms with Crippen LogP contribution in [-0.4, -0.2) is 24.8 Å². The molecule has 0 amide bonds. The highest BCUT2D eigenvalue weighted by Crippen LogP contribution is 2.32. The van der Waals surface area contributed by atoms with Gasteiger partial charge < -0.3 is 14.2 Å². The Morgan fingerprint density at radius 2 is 1.81 bits per heavy atom. The van der Waals surface area contributed by atoms with Crippen LogP contribution in [0.3, 0.4) is 0 Å². The molecule has 5 heteroatoms. The van der Waals surface area contributed by atoms with Crippen LogP contribution in [0.2, 0.25) is 0 Å². The zero-order chi connectivity index (χ0) is 21.5. The molecule has 3 aromatic rings. The molecule has 0 N–H and O–H groups in total. The maximum Gasteiger partial charge on any atom is 0.224 e. The summed E-state index contributed by atoms with van der Waals surface area (Å²) in [4.78, 5) is 4.58. The van der Waals surface area contributed by atoms with Crippen LogP contribution in [0.5, 0.6) is 17.4 Å². The van der Waals surface area contributed by atoms with Crippen molar-refractivity contribution in [1.82, 2.24) is 4.98 Å². The Balaban J connectivity index is 1.31. The lowest BCUT2D eigenvalue weighted by atomic mass is 10.1. The van der Waals surface area contributed by atoms with E-state index >= 15 is 0 Å². The van der Waals surface area contributed by atoms with E-state index in [1.54, 1.807) is 11.3 Å². The topological polar surface area (TPSA) is 40.6 Å². The highest BCUT2D eigenvalue weighted by molar-refractivity contribution is 7.13. The Kier molecular flexibility index (Phi) is 7.47. The molecule has 0 unspecified atom stereocenters. The number of nitrogens with zero attached hydrogens (tertiary/aromatic N) is 1. The third-order valence-corrected chi connectivity index (χ3v) is 6.36. The van der Waals surface area contributed by atoms with E-state index in [1.165, 1.54) is 36.0 Å². The monoisotopic (exact) mass is 437 g/mol. The SMILES string of the molecule is CCCc1cc(-c2nc(OCC)cs2)ccc1OCCCOc1ccc2c(c1)CCC2. The molecular weight excluding hydrogens is 406 g/mol. The Bertz CT molecular complexity index is 998. The lowest BCUT2D eigenvalue weighted by Crippen LogP contribution is -2.06. The molecule has 0 aliphatic heterocycles. The minimum absolute atomic E-state index is 0.632. The molecule has 0 saturated heterocycles. The van der Waals surface area contributed by atoms with E-state index in [4.69, 9.17) is 14.2 Å². The number of aromatic nitrogens is 1. The first-order valence-electron chi connectivity index (χ1n) is 11.4. The summed E-state index contributed by atoms with van der Waals surface area (Å²) in [6, 6.07) is 12.9. The van der Waals surface area contributed by atoms with Crippen LogP contribution in [-0.2, 0) is 19.3 Å². The quantitative estimate of drug-likeness (QED) is 0.321. The zero-order valence-corrected chi connectivity index (χ0v) is 19.3. The molecule has 1 aliphatic carbocycles. The van der Waals surface area contributed by atoms with Gasteiger partial charge in [-0.1, -0.05) is 19.4 Å². The van der Waals surface area contributed by atoms with E-state index in [1.807, 2.05) is 12.3 Å². The van der Waals surface area contributed by atoms with E-state index in [-0.39, 0.29) is 0 Å². The number of thiazole rings is 1. The van der Waals surface area contributed by atoms with E-state index in [2.05, 4.69) is 48.3 Å². The molecule has 1 heterocycles. The molecule has 0 fully saturated rings. The summed E-state index contributed by atoms with van der Waals surface area (Å²) in [5.41, 5.74) is 5.28. The van der Waals surface area contributed by atoms with Crippen LogP contribution in [0, 0.1) is 0 Å².